The van der Waals surface area contributed by atoms with E-state index in [1.807, 2.05) is 49.3 Å². The minimum absolute atomic E-state index is 0.0269. The van der Waals surface area contributed by atoms with Crippen LogP contribution in [0.2, 0.25) is 0 Å². The first-order valence-corrected chi connectivity index (χ1v) is 6.11. The molecule has 0 radical (unpaired) electrons. The number of hydrogen-bond acceptors (Lipinski definition) is 5. The fraction of sp³-hybridized carbons (Fsp3) is 0.143. The molecule has 0 aliphatic carbocycles. The maximum Gasteiger partial charge on any atom is 0.294 e. The zero-order valence-corrected chi connectivity index (χ0v) is 11.3. The van der Waals surface area contributed by atoms with Crippen LogP contribution in [0.15, 0.2) is 48.5 Å². The van der Waals surface area contributed by atoms with Crippen molar-refractivity contribution in [2.24, 2.45) is 0 Å². The first-order valence-electron chi connectivity index (χ1n) is 6.11. The van der Waals surface area contributed by atoms with E-state index < -0.39 is 4.92 Å². The molecule has 0 aromatic heterocycles. The van der Waals surface area contributed by atoms with E-state index in [4.69, 9.17) is 0 Å². The summed E-state index contributed by atoms with van der Waals surface area (Å²) >= 11 is 0. The summed E-state index contributed by atoms with van der Waals surface area (Å²) < 4.78 is 0. The summed E-state index contributed by atoms with van der Waals surface area (Å²) in [4.78, 5) is 12.5. The van der Waals surface area contributed by atoms with Crippen LogP contribution in [-0.4, -0.2) is 19.0 Å². The van der Waals surface area contributed by atoms with Gasteiger partial charge >= 0.3 is 0 Å². The summed E-state index contributed by atoms with van der Waals surface area (Å²) in [6.45, 7) is 0. The van der Waals surface area contributed by atoms with Gasteiger partial charge in [-0.1, -0.05) is 18.2 Å². The summed E-state index contributed by atoms with van der Waals surface area (Å²) in [5.74, 6) is 0. The zero-order chi connectivity index (χ0) is 14.5. The highest BCUT2D eigenvalue weighted by Crippen LogP contribution is 2.28. The van der Waals surface area contributed by atoms with Crippen LogP contribution >= 0.6 is 0 Å². The summed E-state index contributed by atoms with van der Waals surface area (Å²) in [7, 11) is 3.77. The van der Waals surface area contributed by atoms with Gasteiger partial charge in [-0.3, -0.25) is 15.5 Å². The van der Waals surface area contributed by atoms with E-state index >= 15 is 0 Å². The molecule has 0 saturated carbocycles. The van der Waals surface area contributed by atoms with E-state index in [1.165, 1.54) is 6.07 Å². The highest BCUT2D eigenvalue weighted by Gasteiger charge is 2.14. The molecule has 2 N–H and O–H groups in total. The molecule has 0 saturated heterocycles. The number of nitro benzene ring substituents is 1. The monoisotopic (exact) mass is 272 g/mol. The third kappa shape index (κ3) is 3.17. The zero-order valence-electron chi connectivity index (χ0n) is 11.3. The van der Waals surface area contributed by atoms with Crippen molar-refractivity contribution in [1.29, 1.82) is 0 Å². The molecule has 0 unspecified atom stereocenters. The van der Waals surface area contributed by atoms with E-state index in [0.29, 0.717) is 5.69 Å². The second-order valence-electron chi connectivity index (χ2n) is 4.47. The van der Waals surface area contributed by atoms with Gasteiger partial charge in [-0.15, -0.1) is 0 Å². The third-order valence-corrected chi connectivity index (χ3v) is 2.81. The first kappa shape index (κ1) is 13.7. The predicted octanol–water partition coefficient (Wildman–Crippen LogP) is 3.10. The minimum atomic E-state index is -0.408. The Morgan fingerprint density at radius 2 is 1.75 bits per heavy atom. The molecular weight excluding hydrogens is 256 g/mol. The van der Waals surface area contributed by atoms with Gasteiger partial charge in [0.05, 0.1) is 10.6 Å². The van der Waals surface area contributed by atoms with Crippen LogP contribution < -0.4 is 15.8 Å². The molecule has 104 valence electrons. The number of hydrogen-bond donors (Lipinski definition) is 2. The van der Waals surface area contributed by atoms with Crippen LogP contribution in [0, 0.1) is 10.1 Å². The molecule has 0 bridgehead atoms. The van der Waals surface area contributed by atoms with E-state index in [0.717, 1.165) is 11.4 Å². The SMILES string of the molecule is CN(C)c1ccc([N+](=O)[O-])c(NNc2ccccc2)c1. The highest BCUT2D eigenvalue weighted by molar-refractivity contribution is 5.70. The van der Waals surface area contributed by atoms with Crippen LogP contribution in [0.1, 0.15) is 0 Å². The highest BCUT2D eigenvalue weighted by atomic mass is 16.6. The van der Waals surface area contributed by atoms with Crippen molar-refractivity contribution in [2.75, 3.05) is 29.8 Å². The summed E-state index contributed by atoms with van der Waals surface area (Å²) in [5.41, 5.74) is 8.00. The molecule has 0 amide bonds. The van der Waals surface area contributed by atoms with Crippen LogP contribution in [-0.2, 0) is 0 Å². The number of nitro groups is 1. The molecule has 0 aliphatic heterocycles. The Bertz CT molecular complexity index is 599. The predicted molar refractivity (Wildman–Crippen MR) is 81.1 cm³/mol. The van der Waals surface area contributed by atoms with Gasteiger partial charge in [0.2, 0.25) is 0 Å². The number of para-hydroxylation sites is 1. The van der Waals surface area contributed by atoms with Crippen molar-refractivity contribution in [1.82, 2.24) is 0 Å². The fourth-order valence-corrected chi connectivity index (χ4v) is 1.72. The number of rotatable bonds is 5. The van der Waals surface area contributed by atoms with E-state index in [9.17, 15) is 10.1 Å². The Morgan fingerprint density at radius 3 is 2.35 bits per heavy atom. The molecular formula is C14H16N4O2. The first-order chi connectivity index (χ1) is 9.58. The van der Waals surface area contributed by atoms with Gasteiger partial charge in [0.1, 0.15) is 5.69 Å². The molecule has 0 aliphatic rings. The molecule has 0 atom stereocenters. The molecule has 6 nitrogen and oxygen atoms in total. The Balaban J connectivity index is 2.24. The molecule has 6 heteroatoms. The Labute approximate surface area is 117 Å². The van der Waals surface area contributed by atoms with E-state index in [2.05, 4.69) is 10.9 Å². The average Bonchev–Trinajstić information content (AvgIpc) is 2.45. The minimum Gasteiger partial charge on any atom is -0.378 e. The summed E-state index contributed by atoms with van der Waals surface area (Å²) in [6, 6.07) is 14.3. The van der Waals surface area contributed by atoms with Gasteiger partial charge in [-0.2, -0.15) is 0 Å². The van der Waals surface area contributed by atoms with Crippen molar-refractivity contribution in [2.45, 2.75) is 0 Å². The number of anilines is 3. The fourth-order valence-electron chi connectivity index (χ4n) is 1.72. The topological polar surface area (TPSA) is 70.4 Å². The van der Waals surface area contributed by atoms with Gasteiger partial charge < -0.3 is 10.3 Å². The van der Waals surface area contributed by atoms with Crippen LogP contribution in [0.5, 0.6) is 0 Å². The van der Waals surface area contributed by atoms with Gasteiger partial charge in [0, 0.05) is 25.8 Å². The second-order valence-corrected chi connectivity index (χ2v) is 4.47. The molecule has 2 aromatic carbocycles. The smallest absolute Gasteiger partial charge is 0.294 e. The van der Waals surface area contributed by atoms with E-state index in [1.54, 1.807) is 12.1 Å². The lowest BCUT2D eigenvalue weighted by molar-refractivity contribution is -0.383. The van der Waals surface area contributed by atoms with Crippen molar-refractivity contribution >= 4 is 22.7 Å². The van der Waals surface area contributed by atoms with Crippen LogP contribution in [0.4, 0.5) is 22.7 Å². The van der Waals surface area contributed by atoms with Gasteiger partial charge in [-0.05, 0) is 24.3 Å². The van der Waals surface area contributed by atoms with E-state index in [-0.39, 0.29) is 5.69 Å². The summed E-state index contributed by atoms with van der Waals surface area (Å²) in [6.07, 6.45) is 0. The average molecular weight is 272 g/mol. The number of hydrazine groups is 1. The molecule has 20 heavy (non-hydrogen) atoms. The Morgan fingerprint density at radius 1 is 1.05 bits per heavy atom. The van der Waals surface area contributed by atoms with Crippen molar-refractivity contribution in [3.8, 4) is 0 Å². The lowest BCUT2D eigenvalue weighted by Crippen LogP contribution is -2.13. The second kappa shape index (κ2) is 5.92. The van der Waals surface area contributed by atoms with Crippen LogP contribution in [0.25, 0.3) is 0 Å². The number of benzene rings is 2. The maximum absolute atomic E-state index is 11.0. The number of nitrogens with zero attached hydrogens (tertiary/aromatic N) is 2. The summed E-state index contributed by atoms with van der Waals surface area (Å²) in [5, 5.41) is 11.0. The number of nitrogens with one attached hydrogen (secondary N) is 2. The molecule has 0 fully saturated rings. The molecule has 2 rings (SSSR count). The lowest BCUT2D eigenvalue weighted by atomic mass is 10.2. The molecule has 0 heterocycles. The van der Waals surface area contributed by atoms with Crippen LogP contribution in [0.3, 0.4) is 0 Å². The quantitative estimate of drug-likeness (QED) is 0.646. The lowest BCUT2D eigenvalue weighted by Gasteiger charge is -2.15. The van der Waals surface area contributed by atoms with Crippen molar-refractivity contribution in [3.63, 3.8) is 0 Å². The van der Waals surface area contributed by atoms with Gasteiger partial charge in [-0.25, -0.2) is 0 Å². The standard InChI is InChI=1S/C14H16N4O2/c1-17(2)12-8-9-14(18(19)20)13(10-12)16-15-11-6-4-3-5-7-11/h3-10,15-16H,1-2H3. The molecule has 0 spiro atoms. The largest absolute Gasteiger partial charge is 0.378 e. The van der Waals surface area contributed by atoms with Crippen molar-refractivity contribution in [3.05, 3.63) is 58.6 Å². The normalized spacial score (nSPS) is 9.90. The van der Waals surface area contributed by atoms with Crippen molar-refractivity contribution < 1.29 is 4.92 Å². The van der Waals surface area contributed by atoms with Gasteiger partial charge in [0.15, 0.2) is 0 Å². The van der Waals surface area contributed by atoms with Gasteiger partial charge in [0.25, 0.3) is 5.69 Å². The molecule has 2 aromatic rings. The maximum atomic E-state index is 11.0. The Kier molecular flexibility index (Phi) is 4.05. The Hall–Kier alpha value is -2.76. The third-order valence-electron chi connectivity index (χ3n) is 2.81.